The minimum Gasteiger partial charge on any atom is -0.481 e. The summed E-state index contributed by atoms with van der Waals surface area (Å²) >= 11 is 0. The lowest BCUT2D eigenvalue weighted by Crippen LogP contribution is -2.33. The van der Waals surface area contributed by atoms with Gasteiger partial charge in [0.05, 0.1) is 5.92 Å². The summed E-state index contributed by atoms with van der Waals surface area (Å²) < 4.78 is 5.69. The first-order valence-corrected chi connectivity index (χ1v) is 8.15. The molecule has 136 valence electrons. The number of carbonyl (C=O) groups is 3. The fraction of sp³-hybridized carbons (Fsp3) is 0.250. The van der Waals surface area contributed by atoms with Crippen molar-refractivity contribution in [1.82, 2.24) is 4.90 Å². The van der Waals surface area contributed by atoms with Crippen molar-refractivity contribution in [2.75, 3.05) is 13.6 Å². The maximum Gasteiger partial charge on any atom is 0.308 e. The van der Waals surface area contributed by atoms with E-state index in [-0.39, 0.29) is 18.2 Å². The zero-order valence-electron chi connectivity index (χ0n) is 14.9. The van der Waals surface area contributed by atoms with Gasteiger partial charge in [0.25, 0.3) is 5.91 Å². The number of ketones is 1. The molecular formula is C20H21NO5. The van der Waals surface area contributed by atoms with E-state index in [0.717, 1.165) is 0 Å². The van der Waals surface area contributed by atoms with Crippen LogP contribution in [0.1, 0.15) is 34.6 Å². The van der Waals surface area contributed by atoms with Gasteiger partial charge in [-0.2, -0.15) is 0 Å². The number of aliphatic carboxylic acids is 1. The van der Waals surface area contributed by atoms with E-state index in [1.54, 1.807) is 62.5 Å². The minimum atomic E-state index is -0.941. The average Bonchev–Trinajstić information content (AvgIpc) is 2.62. The predicted molar refractivity (Wildman–Crippen MR) is 96.7 cm³/mol. The molecule has 2 rings (SSSR count). The predicted octanol–water partition coefficient (Wildman–Crippen LogP) is 3.47. The van der Waals surface area contributed by atoms with Gasteiger partial charge < -0.3 is 14.7 Å². The van der Waals surface area contributed by atoms with Gasteiger partial charge in [-0.25, -0.2) is 0 Å². The van der Waals surface area contributed by atoms with Crippen LogP contribution in [-0.2, 0) is 4.79 Å². The molecule has 26 heavy (non-hydrogen) atoms. The molecule has 0 aliphatic heterocycles. The summed E-state index contributed by atoms with van der Waals surface area (Å²) in [5.74, 6) is -0.704. The Morgan fingerprint density at radius 2 is 1.42 bits per heavy atom. The highest BCUT2D eigenvalue weighted by Gasteiger charge is 2.18. The van der Waals surface area contributed by atoms with Gasteiger partial charge in [-0.1, -0.05) is 6.92 Å². The standard InChI is InChI=1S/C20H21NO5/c1-13(20(24)25)12-21(3)19(23)16-6-10-18(11-7-16)26-17-8-4-15(5-9-17)14(2)22/h4-11,13H,12H2,1-3H3,(H,24,25). The largest absolute Gasteiger partial charge is 0.481 e. The highest BCUT2D eigenvalue weighted by molar-refractivity contribution is 5.94. The van der Waals surface area contributed by atoms with Crippen molar-refractivity contribution in [1.29, 1.82) is 0 Å². The molecule has 6 nitrogen and oxygen atoms in total. The number of nitrogens with zero attached hydrogens (tertiary/aromatic N) is 1. The van der Waals surface area contributed by atoms with Crippen LogP contribution in [0, 0.1) is 5.92 Å². The Morgan fingerprint density at radius 1 is 0.962 bits per heavy atom. The van der Waals surface area contributed by atoms with E-state index in [2.05, 4.69) is 0 Å². The van der Waals surface area contributed by atoms with Crippen molar-refractivity contribution in [3.8, 4) is 11.5 Å². The Hall–Kier alpha value is -3.15. The zero-order chi connectivity index (χ0) is 19.3. The van der Waals surface area contributed by atoms with E-state index in [4.69, 9.17) is 9.84 Å². The van der Waals surface area contributed by atoms with Gasteiger partial charge in [0, 0.05) is 24.7 Å². The summed E-state index contributed by atoms with van der Waals surface area (Å²) in [7, 11) is 1.57. The fourth-order valence-electron chi connectivity index (χ4n) is 2.35. The normalized spacial score (nSPS) is 11.5. The van der Waals surface area contributed by atoms with Crippen LogP contribution in [-0.4, -0.2) is 41.3 Å². The van der Waals surface area contributed by atoms with Crippen LogP contribution in [0.25, 0.3) is 0 Å². The molecule has 2 aromatic carbocycles. The molecule has 2 aromatic rings. The van der Waals surface area contributed by atoms with Gasteiger partial charge in [-0.15, -0.1) is 0 Å². The number of carboxylic acid groups (broad SMARTS) is 1. The minimum absolute atomic E-state index is 0.0132. The Kier molecular flexibility index (Phi) is 6.11. The van der Waals surface area contributed by atoms with Crippen molar-refractivity contribution < 1.29 is 24.2 Å². The van der Waals surface area contributed by atoms with Gasteiger partial charge in [0.1, 0.15) is 11.5 Å². The lowest BCUT2D eigenvalue weighted by atomic mass is 10.1. The lowest BCUT2D eigenvalue weighted by Gasteiger charge is -2.19. The SMILES string of the molecule is CC(=O)c1ccc(Oc2ccc(C(=O)N(C)CC(C)C(=O)O)cc2)cc1. The van der Waals surface area contributed by atoms with Crippen LogP contribution < -0.4 is 4.74 Å². The maximum absolute atomic E-state index is 12.3. The van der Waals surface area contributed by atoms with Gasteiger partial charge >= 0.3 is 5.97 Å². The van der Waals surface area contributed by atoms with Crippen molar-refractivity contribution in [3.63, 3.8) is 0 Å². The number of amides is 1. The van der Waals surface area contributed by atoms with Crippen molar-refractivity contribution >= 4 is 17.7 Å². The summed E-state index contributed by atoms with van der Waals surface area (Å²) in [6.07, 6.45) is 0. The lowest BCUT2D eigenvalue weighted by molar-refractivity contribution is -0.141. The van der Waals surface area contributed by atoms with E-state index in [1.165, 1.54) is 11.8 Å². The summed E-state index contributed by atoms with van der Waals surface area (Å²) in [6.45, 7) is 3.19. The molecule has 0 spiro atoms. The molecular weight excluding hydrogens is 334 g/mol. The number of carboxylic acids is 1. The first kappa shape index (κ1) is 19.2. The molecule has 6 heteroatoms. The van der Waals surface area contributed by atoms with E-state index >= 15 is 0 Å². The number of hydrogen-bond acceptors (Lipinski definition) is 4. The molecule has 0 aromatic heterocycles. The van der Waals surface area contributed by atoms with Crippen molar-refractivity contribution in [3.05, 3.63) is 59.7 Å². The highest BCUT2D eigenvalue weighted by atomic mass is 16.5. The number of hydrogen-bond donors (Lipinski definition) is 1. The molecule has 0 aliphatic carbocycles. The summed E-state index contributed by atoms with van der Waals surface area (Å²) in [5.41, 5.74) is 1.06. The number of benzene rings is 2. The van der Waals surface area contributed by atoms with E-state index < -0.39 is 11.9 Å². The maximum atomic E-state index is 12.3. The third-order valence-corrected chi connectivity index (χ3v) is 3.91. The first-order chi connectivity index (χ1) is 12.3. The molecule has 1 unspecified atom stereocenters. The summed E-state index contributed by atoms with van der Waals surface area (Å²) in [5, 5.41) is 8.93. The highest BCUT2D eigenvalue weighted by Crippen LogP contribution is 2.22. The Bertz CT molecular complexity index is 796. The average molecular weight is 355 g/mol. The molecule has 1 amide bonds. The molecule has 1 atom stereocenters. The van der Waals surface area contributed by atoms with Crippen LogP contribution in [0.2, 0.25) is 0 Å². The number of ether oxygens (including phenoxy) is 1. The monoisotopic (exact) mass is 355 g/mol. The molecule has 0 bridgehead atoms. The van der Waals surface area contributed by atoms with E-state index in [0.29, 0.717) is 22.6 Å². The first-order valence-electron chi connectivity index (χ1n) is 8.15. The second kappa shape index (κ2) is 8.29. The molecule has 0 radical (unpaired) electrons. The quantitative estimate of drug-likeness (QED) is 0.769. The van der Waals surface area contributed by atoms with Gasteiger partial charge in [-0.3, -0.25) is 14.4 Å². The Morgan fingerprint density at radius 3 is 1.85 bits per heavy atom. The molecule has 1 N–H and O–H groups in total. The van der Waals surface area contributed by atoms with Crippen LogP contribution in [0.15, 0.2) is 48.5 Å². The molecule has 0 saturated carbocycles. The van der Waals surface area contributed by atoms with Crippen LogP contribution in [0.4, 0.5) is 0 Å². The summed E-state index contributed by atoms with van der Waals surface area (Å²) in [4.78, 5) is 35.9. The Labute approximate surface area is 152 Å². The fourth-order valence-corrected chi connectivity index (χ4v) is 2.35. The molecule has 0 aliphatic rings. The van der Waals surface area contributed by atoms with E-state index in [9.17, 15) is 14.4 Å². The third-order valence-electron chi connectivity index (χ3n) is 3.91. The number of rotatable bonds is 7. The van der Waals surface area contributed by atoms with Gasteiger partial charge in [-0.05, 0) is 55.5 Å². The molecule has 0 fully saturated rings. The summed E-state index contributed by atoms with van der Waals surface area (Å²) in [6, 6.07) is 13.4. The number of carbonyl (C=O) groups excluding carboxylic acids is 2. The zero-order valence-corrected chi connectivity index (χ0v) is 14.9. The smallest absolute Gasteiger partial charge is 0.308 e. The van der Waals surface area contributed by atoms with Gasteiger partial charge in [0.15, 0.2) is 5.78 Å². The van der Waals surface area contributed by atoms with E-state index in [1.807, 2.05) is 0 Å². The molecule has 0 heterocycles. The second-order valence-electron chi connectivity index (χ2n) is 6.13. The topological polar surface area (TPSA) is 83.9 Å². The van der Waals surface area contributed by atoms with Crippen LogP contribution in [0.3, 0.4) is 0 Å². The molecule has 0 saturated heterocycles. The van der Waals surface area contributed by atoms with Crippen molar-refractivity contribution in [2.24, 2.45) is 5.92 Å². The van der Waals surface area contributed by atoms with Crippen LogP contribution in [0.5, 0.6) is 11.5 Å². The number of Topliss-reactive ketones (excluding diaryl/α,β-unsaturated/α-hetero) is 1. The van der Waals surface area contributed by atoms with Gasteiger partial charge in [0.2, 0.25) is 0 Å². The van der Waals surface area contributed by atoms with Crippen molar-refractivity contribution in [2.45, 2.75) is 13.8 Å². The third kappa shape index (κ3) is 4.92. The Balaban J connectivity index is 2.02. The van der Waals surface area contributed by atoms with Crippen LogP contribution >= 0.6 is 0 Å². The second-order valence-corrected chi connectivity index (χ2v) is 6.13.